The first-order valence-electron chi connectivity index (χ1n) is 3.86. The molecule has 0 unspecified atom stereocenters. The van der Waals surface area contributed by atoms with Crippen LogP contribution in [0.3, 0.4) is 0 Å². The van der Waals surface area contributed by atoms with E-state index in [9.17, 15) is 8.42 Å². The van der Waals surface area contributed by atoms with Crippen LogP contribution in [0.1, 0.15) is 19.8 Å². The van der Waals surface area contributed by atoms with Crippen LogP contribution >= 0.6 is 0 Å². The van der Waals surface area contributed by atoms with E-state index in [0.717, 1.165) is 0 Å². The van der Waals surface area contributed by atoms with E-state index in [-0.39, 0.29) is 6.04 Å². The number of sulfonamides is 1. The van der Waals surface area contributed by atoms with Gasteiger partial charge < -0.3 is 0 Å². The van der Waals surface area contributed by atoms with Crippen LogP contribution in [-0.4, -0.2) is 32.1 Å². The second-order valence-electron chi connectivity index (χ2n) is 3.36. The molecule has 4 heteroatoms. The van der Waals surface area contributed by atoms with Gasteiger partial charge in [0.05, 0.1) is 6.26 Å². The summed E-state index contributed by atoms with van der Waals surface area (Å²) in [6.45, 7) is 1.97. The molecule has 0 bridgehead atoms. The monoisotopic (exact) mass is 177 g/mol. The van der Waals surface area contributed by atoms with E-state index in [1.54, 1.807) is 7.05 Å². The van der Waals surface area contributed by atoms with Crippen molar-refractivity contribution in [1.29, 1.82) is 0 Å². The van der Waals surface area contributed by atoms with Gasteiger partial charge >= 0.3 is 0 Å². The van der Waals surface area contributed by atoms with Crippen LogP contribution in [0.15, 0.2) is 0 Å². The zero-order chi connectivity index (χ0) is 8.65. The molecule has 1 saturated carbocycles. The highest BCUT2D eigenvalue weighted by Crippen LogP contribution is 2.35. The maximum absolute atomic E-state index is 11.0. The zero-order valence-electron chi connectivity index (χ0n) is 7.24. The van der Waals surface area contributed by atoms with E-state index in [2.05, 4.69) is 0 Å². The van der Waals surface area contributed by atoms with Gasteiger partial charge in [-0.2, -0.15) is 0 Å². The molecule has 0 radical (unpaired) electrons. The molecule has 0 aromatic rings. The standard InChI is InChI=1S/C7H15NO2S/c1-6(7-4-5-7)8(2)11(3,9)10/h6-7H,4-5H2,1-3H3/t6-/m0/s1. The molecule has 0 aliphatic heterocycles. The third kappa shape index (κ3) is 2.17. The quantitative estimate of drug-likeness (QED) is 0.635. The fourth-order valence-electron chi connectivity index (χ4n) is 1.18. The Kier molecular flexibility index (Phi) is 2.25. The Hall–Kier alpha value is -0.0900. The summed E-state index contributed by atoms with van der Waals surface area (Å²) in [5.41, 5.74) is 0. The first-order chi connectivity index (χ1) is 4.93. The summed E-state index contributed by atoms with van der Waals surface area (Å²) in [5.74, 6) is 0.606. The minimum atomic E-state index is -2.97. The predicted octanol–water partition coefficient (Wildman–Crippen LogP) is 0.676. The fourth-order valence-corrected chi connectivity index (χ4v) is 1.95. The van der Waals surface area contributed by atoms with Crippen LogP contribution in [0.25, 0.3) is 0 Å². The minimum Gasteiger partial charge on any atom is -0.213 e. The second kappa shape index (κ2) is 2.75. The van der Waals surface area contributed by atoms with Crippen molar-refractivity contribution in [2.45, 2.75) is 25.8 Å². The Morgan fingerprint density at radius 2 is 1.91 bits per heavy atom. The van der Waals surface area contributed by atoms with E-state index >= 15 is 0 Å². The van der Waals surface area contributed by atoms with Crippen LogP contribution < -0.4 is 0 Å². The summed E-state index contributed by atoms with van der Waals surface area (Å²) >= 11 is 0. The van der Waals surface area contributed by atoms with E-state index < -0.39 is 10.0 Å². The van der Waals surface area contributed by atoms with Crippen LogP contribution in [0, 0.1) is 5.92 Å². The van der Waals surface area contributed by atoms with Gasteiger partial charge in [-0.25, -0.2) is 12.7 Å². The normalized spacial score (nSPS) is 22.2. The molecule has 0 saturated heterocycles. The minimum absolute atomic E-state index is 0.185. The van der Waals surface area contributed by atoms with Crippen LogP contribution in [0.4, 0.5) is 0 Å². The van der Waals surface area contributed by atoms with Crippen molar-refractivity contribution in [3.05, 3.63) is 0 Å². The highest BCUT2D eigenvalue weighted by atomic mass is 32.2. The third-order valence-corrected chi connectivity index (χ3v) is 3.78. The number of hydrogen-bond donors (Lipinski definition) is 0. The molecule has 1 fully saturated rings. The van der Waals surface area contributed by atoms with Crippen molar-refractivity contribution >= 4 is 10.0 Å². The molecule has 0 spiro atoms. The summed E-state index contributed by atoms with van der Waals surface area (Å²) in [4.78, 5) is 0. The molecule has 0 amide bonds. The smallest absolute Gasteiger partial charge is 0.211 e. The Labute approximate surface area is 68.4 Å². The molecule has 66 valence electrons. The van der Waals surface area contributed by atoms with Crippen molar-refractivity contribution in [1.82, 2.24) is 4.31 Å². The first-order valence-corrected chi connectivity index (χ1v) is 5.71. The molecule has 1 aliphatic rings. The Morgan fingerprint density at radius 1 is 1.45 bits per heavy atom. The SMILES string of the molecule is C[C@@H](C1CC1)N(C)S(C)(=O)=O. The Balaban J connectivity index is 2.59. The summed E-state index contributed by atoms with van der Waals surface area (Å²) in [6, 6.07) is 0.185. The van der Waals surface area contributed by atoms with Crippen molar-refractivity contribution < 1.29 is 8.42 Å². The lowest BCUT2D eigenvalue weighted by Crippen LogP contribution is -2.35. The maximum atomic E-state index is 11.0. The van der Waals surface area contributed by atoms with Gasteiger partial charge in [-0.1, -0.05) is 0 Å². The van der Waals surface area contributed by atoms with Gasteiger partial charge in [0.25, 0.3) is 0 Å². The molecule has 3 nitrogen and oxygen atoms in total. The predicted molar refractivity (Wildman–Crippen MR) is 44.8 cm³/mol. The van der Waals surface area contributed by atoms with Gasteiger partial charge in [0.15, 0.2) is 0 Å². The lowest BCUT2D eigenvalue weighted by Gasteiger charge is -2.21. The summed E-state index contributed by atoms with van der Waals surface area (Å²) in [7, 11) is -1.32. The molecule has 0 N–H and O–H groups in total. The molecule has 0 aromatic heterocycles. The van der Waals surface area contributed by atoms with Crippen molar-refractivity contribution in [2.24, 2.45) is 5.92 Å². The van der Waals surface area contributed by atoms with Crippen LogP contribution in [0.5, 0.6) is 0 Å². The van der Waals surface area contributed by atoms with Gasteiger partial charge in [0.1, 0.15) is 0 Å². The fraction of sp³-hybridized carbons (Fsp3) is 1.00. The average Bonchev–Trinajstić information content (AvgIpc) is 2.63. The highest BCUT2D eigenvalue weighted by molar-refractivity contribution is 7.88. The van der Waals surface area contributed by atoms with Gasteiger partial charge in [0.2, 0.25) is 10.0 Å². The number of rotatable bonds is 3. The summed E-state index contributed by atoms with van der Waals surface area (Å²) in [6.07, 6.45) is 3.62. The highest BCUT2D eigenvalue weighted by Gasteiger charge is 2.33. The molecule has 0 aromatic carbocycles. The van der Waals surface area contributed by atoms with E-state index in [1.807, 2.05) is 6.92 Å². The molecule has 1 rings (SSSR count). The lowest BCUT2D eigenvalue weighted by atomic mass is 10.2. The molecular weight excluding hydrogens is 162 g/mol. The van der Waals surface area contributed by atoms with Gasteiger partial charge in [0, 0.05) is 13.1 Å². The summed E-state index contributed by atoms with van der Waals surface area (Å²) in [5, 5.41) is 0. The van der Waals surface area contributed by atoms with E-state index in [1.165, 1.54) is 23.4 Å². The van der Waals surface area contributed by atoms with E-state index in [0.29, 0.717) is 5.92 Å². The average molecular weight is 177 g/mol. The van der Waals surface area contributed by atoms with Crippen molar-refractivity contribution in [3.63, 3.8) is 0 Å². The topological polar surface area (TPSA) is 37.4 Å². The maximum Gasteiger partial charge on any atom is 0.211 e. The Bertz CT molecular complexity index is 231. The van der Waals surface area contributed by atoms with Crippen molar-refractivity contribution in [3.8, 4) is 0 Å². The number of nitrogens with zero attached hydrogens (tertiary/aromatic N) is 1. The first kappa shape index (κ1) is 9.00. The Morgan fingerprint density at radius 3 is 2.18 bits per heavy atom. The lowest BCUT2D eigenvalue weighted by molar-refractivity contribution is 0.359. The molecule has 1 atom stereocenters. The largest absolute Gasteiger partial charge is 0.213 e. The van der Waals surface area contributed by atoms with Gasteiger partial charge in [-0.15, -0.1) is 0 Å². The molecular formula is C7H15NO2S. The van der Waals surface area contributed by atoms with Crippen molar-refractivity contribution in [2.75, 3.05) is 13.3 Å². The summed E-state index contributed by atoms with van der Waals surface area (Å²) < 4.78 is 23.5. The van der Waals surface area contributed by atoms with Gasteiger partial charge in [-0.3, -0.25) is 0 Å². The van der Waals surface area contributed by atoms with Crippen LogP contribution in [-0.2, 0) is 10.0 Å². The molecule has 1 aliphatic carbocycles. The zero-order valence-corrected chi connectivity index (χ0v) is 8.06. The number of hydrogen-bond acceptors (Lipinski definition) is 2. The van der Waals surface area contributed by atoms with Crippen LogP contribution in [0.2, 0.25) is 0 Å². The second-order valence-corrected chi connectivity index (χ2v) is 5.40. The molecule has 0 heterocycles. The molecule has 11 heavy (non-hydrogen) atoms. The van der Waals surface area contributed by atoms with E-state index in [4.69, 9.17) is 0 Å². The third-order valence-electron chi connectivity index (χ3n) is 2.40. The van der Waals surface area contributed by atoms with Gasteiger partial charge in [-0.05, 0) is 25.7 Å².